The van der Waals surface area contributed by atoms with Crippen LogP contribution in [0.2, 0.25) is 0 Å². The summed E-state index contributed by atoms with van der Waals surface area (Å²) >= 11 is 1.61. The van der Waals surface area contributed by atoms with Gasteiger partial charge in [-0.25, -0.2) is 4.98 Å². The quantitative estimate of drug-likeness (QED) is 0.724. The fourth-order valence-corrected chi connectivity index (χ4v) is 5.38. The SMILES string of the molecule is CN1C(=O)CC(C(=O)N2CCCN(Cc3ncc(C(C)(C)C)o3)CC2)C1c1cccs1. The highest BCUT2D eigenvalue weighted by Gasteiger charge is 2.44. The molecule has 4 heterocycles. The van der Waals surface area contributed by atoms with Gasteiger partial charge in [0.25, 0.3) is 0 Å². The first-order chi connectivity index (χ1) is 14.7. The van der Waals surface area contributed by atoms with E-state index in [0.717, 1.165) is 42.6 Å². The molecule has 168 valence electrons. The number of carbonyl (C=O) groups is 2. The van der Waals surface area contributed by atoms with Gasteiger partial charge in [0.1, 0.15) is 5.76 Å². The zero-order valence-corrected chi connectivity index (χ0v) is 19.7. The molecule has 2 aromatic rings. The van der Waals surface area contributed by atoms with Gasteiger partial charge in [0.05, 0.1) is 24.7 Å². The normalized spacial score (nSPS) is 23.4. The van der Waals surface area contributed by atoms with Gasteiger partial charge < -0.3 is 14.2 Å². The maximum absolute atomic E-state index is 13.4. The molecule has 7 nitrogen and oxygen atoms in total. The molecule has 4 rings (SSSR count). The van der Waals surface area contributed by atoms with Crippen molar-refractivity contribution >= 4 is 23.2 Å². The van der Waals surface area contributed by atoms with E-state index in [-0.39, 0.29) is 29.2 Å². The molecule has 2 aliphatic rings. The van der Waals surface area contributed by atoms with Crippen LogP contribution in [0.3, 0.4) is 0 Å². The number of rotatable bonds is 4. The molecule has 2 saturated heterocycles. The Kier molecular flexibility index (Phi) is 6.21. The summed E-state index contributed by atoms with van der Waals surface area (Å²) in [5.74, 6) is 1.47. The van der Waals surface area contributed by atoms with E-state index in [0.29, 0.717) is 19.5 Å². The van der Waals surface area contributed by atoms with E-state index >= 15 is 0 Å². The van der Waals surface area contributed by atoms with E-state index in [1.54, 1.807) is 16.2 Å². The highest BCUT2D eigenvalue weighted by atomic mass is 32.1. The first kappa shape index (κ1) is 22.0. The van der Waals surface area contributed by atoms with E-state index in [4.69, 9.17) is 4.42 Å². The van der Waals surface area contributed by atoms with E-state index in [1.807, 2.05) is 35.7 Å². The average molecular weight is 445 g/mol. The van der Waals surface area contributed by atoms with Crippen molar-refractivity contribution in [1.29, 1.82) is 0 Å². The summed E-state index contributed by atoms with van der Waals surface area (Å²) in [5.41, 5.74) is -0.0573. The Balaban J connectivity index is 1.39. The lowest BCUT2D eigenvalue weighted by Crippen LogP contribution is -2.40. The van der Waals surface area contributed by atoms with Gasteiger partial charge in [-0.15, -0.1) is 11.3 Å². The Morgan fingerprint density at radius 3 is 2.74 bits per heavy atom. The summed E-state index contributed by atoms with van der Waals surface area (Å²) in [4.78, 5) is 37.4. The predicted molar refractivity (Wildman–Crippen MR) is 120 cm³/mol. The average Bonchev–Trinajstić information content (AvgIpc) is 3.41. The van der Waals surface area contributed by atoms with Crippen LogP contribution in [0.1, 0.15) is 56.2 Å². The molecule has 2 amide bonds. The Hall–Kier alpha value is -2.19. The minimum absolute atomic E-state index is 0.0479. The van der Waals surface area contributed by atoms with Gasteiger partial charge in [-0.05, 0) is 17.9 Å². The Bertz CT molecular complexity index is 918. The molecule has 0 bridgehead atoms. The van der Waals surface area contributed by atoms with Crippen molar-refractivity contribution in [2.24, 2.45) is 5.92 Å². The third kappa shape index (κ3) is 4.70. The van der Waals surface area contributed by atoms with Gasteiger partial charge in [-0.2, -0.15) is 0 Å². The zero-order valence-electron chi connectivity index (χ0n) is 18.8. The molecule has 0 aliphatic carbocycles. The summed E-state index contributed by atoms with van der Waals surface area (Å²) in [7, 11) is 1.81. The molecule has 31 heavy (non-hydrogen) atoms. The lowest BCUT2D eigenvalue weighted by molar-refractivity contribution is -0.136. The van der Waals surface area contributed by atoms with Crippen molar-refractivity contribution in [3.05, 3.63) is 40.2 Å². The molecule has 2 atom stereocenters. The van der Waals surface area contributed by atoms with Gasteiger partial charge >= 0.3 is 0 Å². The van der Waals surface area contributed by atoms with Crippen LogP contribution in [0.15, 0.2) is 28.1 Å². The first-order valence-electron chi connectivity index (χ1n) is 11.0. The van der Waals surface area contributed by atoms with Crippen LogP contribution in [0.4, 0.5) is 0 Å². The van der Waals surface area contributed by atoms with E-state index < -0.39 is 0 Å². The summed E-state index contributed by atoms with van der Waals surface area (Å²) < 4.78 is 5.95. The van der Waals surface area contributed by atoms with Crippen LogP contribution < -0.4 is 0 Å². The molecule has 0 N–H and O–H groups in total. The van der Waals surface area contributed by atoms with Crippen LogP contribution in [0, 0.1) is 5.92 Å². The minimum atomic E-state index is -0.302. The van der Waals surface area contributed by atoms with Crippen molar-refractivity contribution in [3.63, 3.8) is 0 Å². The van der Waals surface area contributed by atoms with Gasteiger partial charge in [0.2, 0.25) is 17.7 Å². The molecule has 8 heteroatoms. The number of nitrogens with zero attached hydrogens (tertiary/aromatic N) is 4. The first-order valence-corrected chi connectivity index (χ1v) is 11.9. The maximum Gasteiger partial charge on any atom is 0.228 e. The number of hydrogen-bond donors (Lipinski definition) is 0. The zero-order chi connectivity index (χ0) is 22.2. The fourth-order valence-electron chi connectivity index (χ4n) is 4.45. The minimum Gasteiger partial charge on any atom is -0.444 e. The lowest BCUT2D eigenvalue weighted by atomic mass is 9.94. The van der Waals surface area contributed by atoms with E-state index in [2.05, 4.69) is 30.7 Å². The number of thiophene rings is 1. The van der Waals surface area contributed by atoms with Crippen molar-refractivity contribution in [2.45, 2.75) is 51.6 Å². The molecular weight excluding hydrogens is 412 g/mol. The van der Waals surface area contributed by atoms with Crippen molar-refractivity contribution in [2.75, 3.05) is 33.2 Å². The molecular formula is C23H32N4O3S. The number of carbonyl (C=O) groups excluding carboxylic acids is 2. The van der Waals surface area contributed by atoms with Crippen LogP contribution in [-0.4, -0.2) is 64.7 Å². The molecule has 0 spiro atoms. The Morgan fingerprint density at radius 1 is 1.26 bits per heavy atom. The topological polar surface area (TPSA) is 69.9 Å². The molecule has 0 aromatic carbocycles. The van der Waals surface area contributed by atoms with Gasteiger partial charge in [0, 0.05) is 49.9 Å². The molecule has 2 unspecified atom stereocenters. The van der Waals surface area contributed by atoms with Gasteiger partial charge in [-0.1, -0.05) is 26.8 Å². The fraction of sp³-hybridized carbons (Fsp3) is 0.609. The Labute approximate surface area is 188 Å². The van der Waals surface area contributed by atoms with Gasteiger partial charge in [0.15, 0.2) is 0 Å². The van der Waals surface area contributed by atoms with Crippen LogP contribution in [0.25, 0.3) is 0 Å². The van der Waals surface area contributed by atoms with Crippen LogP contribution >= 0.6 is 11.3 Å². The third-order valence-electron chi connectivity index (χ3n) is 6.29. The monoisotopic (exact) mass is 444 g/mol. The number of hydrogen-bond acceptors (Lipinski definition) is 6. The lowest BCUT2D eigenvalue weighted by Gasteiger charge is -2.28. The van der Waals surface area contributed by atoms with Crippen molar-refractivity contribution in [3.8, 4) is 0 Å². The number of aromatic nitrogens is 1. The van der Waals surface area contributed by atoms with Crippen molar-refractivity contribution in [1.82, 2.24) is 19.7 Å². The summed E-state index contributed by atoms with van der Waals surface area (Å²) in [6.45, 7) is 10.1. The molecule has 0 saturated carbocycles. The summed E-state index contributed by atoms with van der Waals surface area (Å²) in [6, 6.07) is 3.86. The largest absolute Gasteiger partial charge is 0.444 e. The highest BCUT2D eigenvalue weighted by Crippen LogP contribution is 2.40. The summed E-state index contributed by atoms with van der Waals surface area (Å²) in [5, 5.41) is 2.01. The maximum atomic E-state index is 13.4. The second kappa shape index (κ2) is 8.74. The highest BCUT2D eigenvalue weighted by molar-refractivity contribution is 7.10. The van der Waals surface area contributed by atoms with Crippen LogP contribution in [-0.2, 0) is 21.5 Å². The third-order valence-corrected chi connectivity index (χ3v) is 7.23. The summed E-state index contributed by atoms with van der Waals surface area (Å²) in [6.07, 6.45) is 3.02. The van der Waals surface area contributed by atoms with E-state index in [1.165, 1.54) is 0 Å². The number of amides is 2. The smallest absolute Gasteiger partial charge is 0.228 e. The van der Waals surface area contributed by atoms with Crippen molar-refractivity contribution < 1.29 is 14.0 Å². The number of likely N-dealkylation sites (tertiary alicyclic amines) is 1. The van der Waals surface area contributed by atoms with E-state index in [9.17, 15) is 9.59 Å². The Morgan fingerprint density at radius 2 is 2.06 bits per heavy atom. The second-order valence-electron chi connectivity index (χ2n) is 9.60. The van der Waals surface area contributed by atoms with Gasteiger partial charge in [-0.3, -0.25) is 14.5 Å². The molecule has 2 aromatic heterocycles. The number of oxazole rings is 1. The predicted octanol–water partition coefficient (Wildman–Crippen LogP) is 3.29. The standard InChI is InChI=1S/C23H32N4O3S/c1-23(2,3)18-14-24-19(30-18)15-26-8-6-9-27(11-10-26)22(29)16-13-20(28)25(4)21(16)17-7-5-12-31-17/h5,7,12,14,16,21H,6,8-11,13,15H2,1-4H3. The molecule has 2 aliphatic heterocycles. The molecule has 0 radical (unpaired) electrons. The second-order valence-corrected chi connectivity index (χ2v) is 10.6. The molecule has 2 fully saturated rings. The van der Waals surface area contributed by atoms with Crippen LogP contribution in [0.5, 0.6) is 0 Å².